The van der Waals surface area contributed by atoms with Gasteiger partial charge in [-0.05, 0) is 25.6 Å². The number of nitrogens with zero attached hydrogens (tertiary/aromatic N) is 2. The van der Waals surface area contributed by atoms with E-state index in [1.54, 1.807) is 11.8 Å². The normalized spacial score (nSPS) is 16.5. The Morgan fingerprint density at radius 2 is 1.77 bits per heavy atom. The monoisotopic (exact) mass is 301 g/mol. The number of rotatable bonds is 4. The van der Waals surface area contributed by atoms with E-state index in [1.165, 1.54) is 0 Å². The van der Waals surface area contributed by atoms with Crippen molar-refractivity contribution < 1.29 is 9.59 Å². The maximum atomic E-state index is 12.1. The molecule has 2 rings (SSSR count). The quantitative estimate of drug-likeness (QED) is 0.844. The Hall–Kier alpha value is -2.14. The Balaban J connectivity index is 1.82. The molecule has 22 heavy (non-hydrogen) atoms. The van der Waals surface area contributed by atoms with Gasteiger partial charge in [0, 0.05) is 31.8 Å². The second-order valence-electron chi connectivity index (χ2n) is 5.60. The smallest absolute Gasteiger partial charge is 0.247 e. The fraction of sp³-hybridized carbons (Fsp3) is 0.412. The van der Waals surface area contributed by atoms with Crippen LogP contribution in [-0.2, 0) is 9.59 Å². The number of carbonyl (C=O) groups excluding carboxylic acids is 2. The number of nitrogens with one attached hydrogen (secondary N) is 1. The van der Waals surface area contributed by atoms with E-state index < -0.39 is 0 Å². The third-order valence-corrected chi connectivity index (χ3v) is 3.80. The number of amides is 2. The minimum absolute atomic E-state index is 0.0195. The summed E-state index contributed by atoms with van der Waals surface area (Å²) in [4.78, 5) is 28.1. The zero-order valence-corrected chi connectivity index (χ0v) is 13.2. The van der Waals surface area contributed by atoms with Crippen molar-refractivity contribution in [3.8, 4) is 0 Å². The average Bonchev–Trinajstić information content (AvgIpc) is 2.53. The molecule has 1 aromatic rings. The summed E-state index contributed by atoms with van der Waals surface area (Å²) in [6.07, 6.45) is 1.82. The minimum Gasteiger partial charge on any atom is -0.343 e. The summed E-state index contributed by atoms with van der Waals surface area (Å²) in [5.74, 6) is -0.222. The van der Waals surface area contributed by atoms with Gasteiger partial charge in [-0.3, -0.25) is 9.59 Å². The van der Waals surface area contributed by atoms with Crippen LogP contribution in [0.15, 0.2) is 35.9 Å². The first-order valence-corrected chi connectivity index (χ1v) is 7.54. The van der Waals surface area contributed by atoms with E-state index in [2.05, 4.69) is 10.2 Å². The van der Waals surface area contributed by atoms with Gasteiger partial charge in [-0.2, -0.15) is 0 Å². The van der Waals surface area contributed by atoms with Gasteiger partial charge < -0.3 is 15.1 Å². The van der Waals surface area contributed by atoms with Gasteiger partial charge in [0.2, 0.25) is 11.8 Å². The summed E-state index contributed by atoms with van der Waals surface area (Å²) in [5, 5.41) is 2.70. The van der Waals surface area contributed by atoms with Crippen LogP contribution in [0.5, 0.6) is 0 Å². The first-order valence-electron chi connectivity index (χ1n) is 7.54. The summed E-state index contributed by atoms with van der Waals surface area (Å²) in [7, 11) is 2.04. The van der Waals surface area contributed by atoms with Crippen molar-refractivity contribution in [2.45, 2.75) is 6.92 Å². The largest absolute Gasteiger partial charge is 0.343 e. The van der Waals surface area contributed by atoms with Crippen LogP contribution in [0.2, 0.25) is 0 Å². The van der Waals surface area contributed by atoms with Crippen LogP contribution in [0.3, 0.4) is 0 Å². The second-order valence-corrected chi connectivity index (χ2v) is 5.60. The van der Waals surface area contributed by atoms with Crippen LogP contribution in [0.4, 0.5) is 0 Å². The van der Waals surface area contributed by atoms with Gasteiger partial charge in [0.25, 0.3) is 0 Å². The van der Waals surface area contributed by atoms with E-state index in [9.17, 15) is 9.59 Å². The van der Waals surface area contributed by atoms with E-state index in [-0.39, 0.29) is 18.4 Å². The van der Waals surface area contributed by atoms with Crippen LogP contribution >= 0.6 is 0 Å². The molecule has 1 N–H and O–H groups in total. The maximum absolute atomic E-state index is 12.1. The molecule has 5 heteroatoms. The molecule has 1 fully saturated rings. The zero-order chi connectivity index (χ0) is 15.9. The molecular weight excluding hydrogens is 278 g/mol. The zero-order valence-electron chi connectivity index (χ0n) is 13.2. The van der Waals surface area contributed by atoms with Crippen LogP contribution in [0, 0.1) is 0 Å². The molecule has 0 unspecified atom stereocenters. The first-order chi connectivity index (χ1) is 10.6. The number of piperazine rings is 1. The summed E-state index contributed by atoms with van der Waals surface area (Å²) < 4.78 is 0. The summed E-state index contributed by atoms with van der Waals surface area (Å²) in [5.41, 5.74) is 1.57. The first kappa shape index (κ1) is 16.2. The molecule has 0 atom stereocenters. The van der Waals surface area contributed by atoms with Gasteiger partial charge in [0.05, 0.1) is 6.54 Å². The molecular formula is C17H23N3O2. The Morgan fingerprint density at radius 1 is 1.14 bits per heavy atom. The molecule has 0 bridgehead atoms. The van der Waals surface area contributed by atoms with Crippen molar-refractivity contribution in [3.05, 3.63) is 41.5 Å². The maximum Gasteiger partial charge on any atom is 0.247 e. The Labute approximate surface area is 131 Å². The Morgan fingerprint density at radius 3 is 2.41 bits per heavy atom. The number of benzene rings is 1. The molecule has 0 aromatic heterocycles. The third kappa shape index (κ3) is 4.70. The lowest BCUT2D eigenvalue weighted by atomic mass is 10.1. The van der Waals surface area contributed by atoms with Crippen LogP contribution < -0.4 is 5.32 Å². The highest BCUT2D eigenvalue weighted by molar-refractivity contribution is 5.98. The summed E-state index contributed by atoms with van der Waals surface area (Å²) in [6, 6.07) is 9.65. The molecule has 0 saturated carbocycles. The van der Waals surface area contributed by atoms with Crippen LogP contribution in [-0.4, -0.2) is 61.4 Å². The highest BCUT2D eigenvalue weighted by Gasteiger charge is 2.19. The van der Waals surface area contributed by atoms with Crippen molar-refractivity contribution in [2.24, 2.45) is 0 Å². The Kier molecular flexibility index (Phi) is 5.72. The molecule has 2 amide bonds. The number of hydrogen-bond donors (Lipinski definition) is 1. The van der Waals surface area contributed by atoms with Crippen molar-refractivity contribution in [1.29, 1.82) is 0 Å². The van der Waals surface area contributed by atoms with Crippen molar-refractivity contribution in [1.82, 2.24) is 15.1 Å². The third-order valence-electron chi connectivity index (χ3n) is 3.80. The summed E-state index contributed by atoms with van der Waals surface area (Å²) in [6.45, 7) is 5.03. The van der Waals surface area contributed by atoms with Gasteiger partial charge >= 0.3 is 0 Å². The summed E-state index contributed by atoms with van der Waals surface area (Å²) >= 11 is 0. The fourth-order valence-electron chi connectivity index (χ4n) is 2.33. The molecule has 1 aromatic carbocycles. The lowest BCUT2D eigenvalue weighted by Crippen LogP contribution is -2.50. The molecule has 0 radical (unpaired) electrons. The predicted molar refractivity (Wildman–Crippen MR) is 87.2 cm³/mol. The van der Waals surface area contributed by atoms with Gasteiger partial charge in [0.15, 0.2) is 0 Å². The standard InChI is InChI=1S/C17H23N3O2/c1-14(12-15-6-4-3-5-7-15)17(22)18-13-16(21)20-10-8-19(2)9-11-20/h3-7,12H,8-11,13H2,1-2H3,(H,18,22)/b14-12+. The number of hydrogen-bond acceptors (Lipinski definition) is 3. The number of likely N-dealkylation sites (N-methyl/N-ethyl adjacent to an activating group) is 1. The van der Waals surface area contributed by atoms with E-state index >= 15 is 0 Å². The average molecular weight is 301 g/mol. The van der Waals surface area contributed by atoms with Crippen LogP contribution in [0.25, 0.3) is 6.08 Å². The van der Waals surface area contributed by atoms with E-state index in [0.29, 0.717) is 5.57 Å². The van der Waals surface area contributed by atoms with Crippen molar-refractivity contribution in [2.75, 3.05) is 39.8 Å². The van der Waals surface area contributed by atoms with Gasteiger partial charge in [-0.15, -0.1) is 0 Å². The van der Waals surface area contributed by atoms with E-state index in [4.69, 9.17) is 0 Å². The lowest BCUT2D eigenvalue weighted by molar-refractivity contribution is -0.133. The minimum atomic E-state index is -0.202. The van der Waals surface area contributed by atoms with Gasteiger partial charge in [-0.1, -0.05) is 30.3 Å². The molecule has 0 aliphatic carbocycles. The van der Waals surface area contributed by atoms with E-state index in [1.807, 2.05) is 43.5 Å². The van der Waals surface area contributed by atoms with Gasteiger partial charge in [-0.25, -0.2) is 0 Å². The molecule has 1 saturated heterocycles. The van der Waals surface area contributed by atoms with E-state index in [0.717, 1.165) is 31.7 Å². The predicted octanol–water partition coefficient (Wildman–Crippen LogP) is 0.980. The topological polar surface area (TPSA) is 52.7 Å². The molecule has 5 nitrogen and oxygen atoms in total. The van der Waals surface area contributed by atoms with Gasteiger partial charge in [0.1, 0.15) is 0 Å². The van der Waals surface area contributed by atoms with Crippen LogP contribution in [0.1, 0.15) is 12.5 Å². The SMILES string of the molecule is C/C(=C\c1ccccc1)C(=O)NCC(=O)N1CCN(C)CC1. The molecule has 0 spiro atoms. The highest BCUT2D eigenvalue weighted by Crippen LogP contribution is 2.06. The Bertz CT molecular complexity index is 546. The fourth-order valence-corrected chi connectivity index (χ4v) is 2.33. The molecule has 1 heterocycles. The molecule has 1 aliphatic heterocycles. The van der Waals surface area contributed by atoms with Crippen molar-refractivity contribution >= 4 is 17.9 Å². The molecule has 1 aliphatic rings. The highest BCUT2D eigenvalue weighted by atomic mass is 16.2. The second kappa shape index (κ2) is 7.75. The van der Waals surface area contributed by atoms with Crippen molar-refractivity contribution in [3.63, 3.8) is 0 Å². The molecule has 118 valence electrons. The number of carbonyl (C=O) groups is 2. The lowest BCUT2D eigenvalue weighted by Gasteiger charge is -2.32.